The lowest BCUT2D eigenvalue weighted by atomic mass is 10.1. The maximum absolute atomic E-state index is 5.88. The third-order valence-electron chi connectivity index (χ3n) is 2.77. The zero-order valence-corrected chi connectivity index (χ0v) is 11.9. The molecule has 0 amide bonds. The Morgan fingerprint density at radius 3 is 2.70 bits per heavy atom. The molecule has 0 fully saturated rings. The van der Waals surface area contributed by atoms with Crippen LogP contribution in [0.4, 0.5) is 0 Å². The molecule has 2 aromatic rings. The van der Waals surface area contributed by atoms with Crippen molar-refractivity contribution in [2.45, 2.75) is 38.8 Å². The summed E-state index contributed by atoms with van der Waals surface area (Å²) in [4.78, 5) is 8.18. The van der Waals surface area contributed by atoms with E-state index in [9.17, 15) is 0 Å². The molecule has 0 saturated carbocycles. The Kier molecular flexibility index (Phi) is 4.81. The van der Waals surface area contributed by atoms with Crippen molar-refractivity contribution in [1.82, 2.24) is 15.1 Å². The topological polar surface area (TPSA) is 87.1 Å². The van der Waals surface area contributed by atoms with Crippen molar-refractivity contribution in [3.05, 3.63) is 41.8 Å². The van der Waals surface area contributed by atoms with Gasteiger partial charge in [0.05, 0.1) is 5.54 Å². The van der Waals surface area contributed by atoms with E-state index in [1.807, 2.05) is 26.0 Å². The second-order valence-electron chi connectivity index (χ2n) is 5.25. The summed E-state index contributed by atoms with van der Waals surface area (Å²) >= 11 is 0. The minimum Gasteiger partial charge on any atom is -0.372 e. The van der Waals surface area contributed by atoms with E-state index in [2.05, 4.69) is 15.1 Å². The smallest absolute Gasteiger partial charge is 0.252 e. The molecule has 0 unspecified atom stereocenters. The molecule has 0 radical (unpaired) electrons. The second kappa shape index (κ2) is 6.58. The molecular formula is C14H20N4O2. The maximum atomic E-state index is 5.88. The lowest BCUT2D eigenvalue weighted by molar-refractivity contribution is 0.0958. The molecule has 20 heavy (non-hydrogen) atoms. The fourth-order valence-electron chi connectivity index (χ4n) is 1.66. The van der Waals surface area contributed by atoms with Crippen LogP contribution < -0.4 is 5.73 Å². The van der Waals surface area contributed by atoms with Crippen LogP contribution in [0.2, 0.25) is 0 Å². The number of hydrogen-bond donors (Lipinski definition) is 1. The van der Waals surface area contributed by atoms with Gasteiger partial charge in [-0.15, -0.1) is 0 Å². The Labute approximate surface area is 118 Å². The van der Waals surface area contributed by atoms with Crippen LogP contribution in [0.3, 0.4) is 0 Å². The standard InChI is InChI=1S/C14H20N4O2/c1-14(2,15)13-17-12(20-18-13)10-19-9-3-4-11-5-7-16-8-6-11/h5-8H,3-4,9-10,15H2,1-2H3. The van der Waals surface area contributed by atoms with E-state index in [4.69, 9.17) is 15.0 Å². The SMILES string of the molecule is CC(C)(N)c1noc(COCCCc2ccncc2)n1. The number of nitrogens with zero attached hydrogens (tertiary/aromatic N) is 3. The van der Waals surface area contributed by atoms with Gasteiger partial charge in [-0.2, -0.15) is 4.98 Å². The fraction of sp³-hybridized carbons (Fsp3) is 0.500. The average molecular weight is 276 g/mol. The summed E-state index contributed by atoms with van der Waals surface area (Å²) in [6, 6.07) is 4.02. The predicted molar refractivity (Wildman–Crippen MR) is 73.7 cm³/mol. The first-order valence-corrected chi connectivity index (χ1v) is 6.64. The molecule has 2 N–H and O–H groups in total. The molecule has 0 aliphatic rings. The van der Waals surface area contributed by atoms with Crippen LogP contribution in [-0.4, -0.2) is 21.7 Å². The molecule has 2 aromatic heterocycles. The molecule has 0 spiro atoms. The van der Waals surface area contributed by atoms with Gasteiger partial charge >= 0.3 is 0 Å². The number of pyridine rings is 1. The van der Waals surface area contributed by atoms with Gasteiger partial charge in [0, 0.05) is 19.0 Å². The highest BCUT2D eigenvalue weighted by atomic mass is 16.5. The Balaban J connectivity index is 1.67. The Bertz CT molecular complexity index is 519. The zero-order valence-electron chi connectivity index (χ0n) is 11.9. The van der Waals surface area contributed by atoms with Crippen molar-refractivity contribution in [3.8, 4) is 0 Å². The molecule has 108 valence electrons. The first-order chi connectivity index (χ1) is 9.55. The lowest BCUT2D eigenvalue weighted by Crippen LogP contribution is -2.30. The summed E-state index contributed by atoms with van der Waals surface area (Å²) in [5, 5.41) is 3.84. The number of aryl methyl sites for hydroxylation is 1. The third-order valence-corrected chi connectivity index (χ3v) is 2.77. The van der Waals surface area contributed by atoms with Crippen LogP contribution in [0, 0.1) is 0 Å². The predicted octanol–water partition coefficient (Wildman–Crippen LogP) is 1.81. The molecule has 0 atom stereocenters. The number of hydrogen-bond acceptors (Lipinski definition) is 6. The molecule has 0 aromatic carbocycles. The second-order valence-corrected chi connectivity index (χ2v) is 5.25. The van der Waals surface area contributed by atoms with Crippen LogP contribution in [0.15, 0.2) is 29.0 Å². The van der Waals surface area contributed by atoms with Gasteiger partial charge < -0.3 is 15.0 Å². The van der Waals surface area contributed by atoms with Gasteiger partial charge in [0.1, 0.15) is 6.61 Å². The van der Waals surface area contributed by atoms with E-state index in [1.54, 1.807) is 12.4 Å². The van der Waals surface area contributed by atoms with E-state index in [0.717, 1.165) is 12.8 Å². The average Bonchev–Trinajstić information content (AvgIpc) is 2.88. The largest absolute Gasteiger partial charge is 0.372 e. The normalized spacial score (nSPS) is 11.8. The van der Waals surface area contributed by atoms with Crippen molar-refractivity contribution in [1.29, 1.82) is 0 Å². The van der Waals surface area contributed by atoms with E-state index in [0.29, 0.717) is 24.9 Å². The maximum Gasteiger partial charge on any atom is 0.252 e. The summed E-state index contributed by atoms with van der Waals surface area (Å²) < 4.78 is 10.6. The highest BCUT2D eigenvalue weighted by Gasteiger charge is 2.21. The van der Waals surface area contributed by atoms with Crippen LogP contribution in [0.5, 0.6) is 0 Å². The first-order valence-electron chi connectivity index (χ1n) is 6.64. The fourth-order valence-corrected chi connectivity index (χ4v) is 1.66. The van der Waals surface area contributed by atoms with Crippen molar-refractivity contribution in [2.24, 2.45) is 5.73 Å². The molecule has 0 aliphatic heterocycles. The van der Waals surface area contributed by atoms with E-state index >= 15 is 0 Å². The van der Waals surface area contributed by atoms with Gasteiger partial charge in [-0.05, 0) is 44.4 Å². The van der Waals surface area contributed by atoms with Crippen LogP contribution in [-0.2, 0) is 23.3 Å². The molecule has 0 saturated heterocycles. The van der Waals surface area contributed by atoms with Crippen molar-refractivity contribution in [2.75, 3.05) is 6.61 Å². The van der Waals surface area contributed by atoms with E-state index in [1.165, 1.54) is 5.56 Å². The molecule has 2 heterocycles. The quantitative estimate of drug-likeness (QED) is 0.776. The minimum atomic E-state index is -0.594. The highest BCUT2D eigenvalue weighted by Crippen LogP contribution is 2.13. The van der Waals surface area contributed by atoms with Gasteiger partial charge in [-0.3, -0.25) is 4.98 Å². The van der Waals surface area contributed by atoms with Gasteiger partial charge in [-0.1, -0.05) is 5.16 Å². The summed E-state index contributed by atoms with van der Waals surface area (Å²) in [7, 11) is 0. The molecule has 2 rings (SSSR count). The Morgan fingerprint density at radius 1 is 1.30 bits per heavy atom. The van der Waals surface area contributed by atoms with Crippen LogP contribution >= 0.6 is 0 Å². The Morgan fingerprint density at radius 2 is 2.05 bits per heavy atom. The van der Waals surface area contributed by atoms with Crippen LogP contribution in [0.1, 0.15) is 37.5 Å². The van der Waals surface area contributed by atoms with E-state index in [-0.39, 0.29) is 0 Å². The number of rotatable bonds is 7. The third kappa shape index (κ3) is 4.40. The van der Waals surface area contributed by atoms with Crippen molar-refractivity contribution >= 4 is 0 Å². The molecular weight excluding hydrogens is 256 g/mol. The summed E-state index contributed by atoms with van der Waals surface area (Å²) in [6.45, 7) is 4.62. The monoisotopic (exact) mass is 276 g/mol. The van der Waals surface area contributed by atoms with Crippen LogP contribution in [0.25, 0.3) is 0 Å². The van der Waals surface area contributed by atoms with Gasteiger partial charge in [-0.25, -0.2) is 0 Å². The van der Waals surface area contributed by atoms with Crippen molar-refractivity contribution < 1.29 is 9.26 Å². The summed E-state index contributed by atoms with van der Waals surface area (Å²) in [5.74, 6) is 0.954. The highest BCUT2D eigenvalue weighted by molar-refractivity contribution is 5.09. The minimum absolute atomic E-state index is 0.319. The van der Waals surface area contributed by atoms with Crippen molar-refractivity contribution in [3.63, 3.8) is 0 Å². The number of aromatic nitrogens is 3. The number of ether oxygens (including phenoxy) is 1. The zero-order chi connectivity index (χ0) is 14.4. The van der Waals surface area contributed by atoms with E-state index < -0.39 is 5.54 Å². The van der Waals surface area contributed by atoms with Gasteiger partial charge in [0.25, 0.3) is 5.89 Å². The number of nitrogens with two attached hydrogens (primary N) is 1. The molecule has 0 bridgehead atoms. The molecule has 0 aliphatic carbocycles. The van der Waals surface area contributed by atoms with Gasteiger partial charge in [0.2, 0.25) is 0 Å². The first kappa shape index (κ1) is 14.6. The molecule has 6 heteroatoms. The Hall–Kier alpha value is -1.79. The lowest BCUT2D eigenvalue weighted by Gasteiger charge is -2.11. The van der Waals surface area contributed by atoms with Gasteiger partial charge in [0.15, 0.2) is 5.82 Å². The summed E-state index contributed by atoms with van der Waals surface area (Å²) in [6.07, 6.45) is 5.50. The summed E-state index contributed by atoms with van der Waals surface area (Å²) in [5.41, 5.74) is 6.54. The molecule has 6 nitrogen and oxygen atoms in total.